The van der Waals surface area contributed by atoms with E-state index in [9.17, 15) is 4.79 Å². The Bertz CT molecular complexity index is 273. The van der Waals surface area contributed by atoms with Crippen molar-refractivity contribution in [1.29, 1.82) is 0 Å². The smallest absolute Gasteiger partial charge is 0.222 e. The first-order valence-corrected chi connectivity index (χ1v) is 8.94. The van der Waals surface area contributed by atoms with Gasteiger partial charge in [-0.15, -0.1) is 0 Å². The summed E-state index contributed by atoms with van der Waals surface area (Å²) in [6.07, 6.45) is 6.86. The van der Waals surface area contributed by atoms with E-state index in [4.69, 9.17) is 0 Å². The van der Waals surface area contributed by atoms with E-state index in [1.165, 1.54) is 32.2 Å². The van der Waals surface area contributed by atoms with E-state index in [2.05, 4.69) is 31.0 Å². The van der Waals surface area contributed by atoms with Crippen LogP contribution in [0.3, 0.4) is 0 Å². The van der Waals surface area contributed by atoms with E-state index in [-0.39, 0.29) is 0 Å². The summed E-state index contributed by atoms with van der Waals surface area (Å²) in [5.74, 6) is 0.312. The summed E-state index contributed by atoms with van der Waals surface area (Å²) in [5, 5.41) is 3.63. The van der Waals surface area contributed by atoms with Crippen LogP contribution in [0.15, 0.2) is 0 Å². The minimum Gasteiger partial charge on any atom is -0.343 e. The molecule has 0 spiro atoms. The Labute approximate surface area is 131 Å². The van der Waals surface area contributed by atoms with Gasteiger partial charge in [0.15, 0.2) is 0 Å². The fourth-order valence-corrected chi connectivity index (χ4v) is 3.19. The number of nitrogens with one attached hydrogen (secondary N) is 1. The summed E-state index contributed by atoms with van der Waals surface area (Å²) in [5.41, 5.74) is 0. The molecule has 0 aromatic rings. The summed E-state index contributed by atoms with van der Waals surface area (Å²) >= 11 is 0. The fraction of sp³-hybridized carbons (Fsp3) is 0.941. The molecule has 4 heteroatoms. The van der Waals surface area contributed by atoms with Crippen LogP contribution in [0.5, 0.6) is 0 Å². The van der Waals surface area contributed by atoms with Crippen molar-refractivity contribution in [3.63, 3.8) is 0 Å². The summed E-state index contributed by atoms with van der Waals surface area (Å²) in [4.78, 5) is 16.5. The molecule has 1 amide bonds. The molecule has 1 N–H and O–H groups in total. The molecular weight excluding hydrogens is 262 g/mol. The van der Waals surface area contributed by atoms with Crippen LogP contribution in [0.1, 0.15) is 59.3 Å². The molecule has 1 aliphatic rings. The lowest BCUT2D eigenvalue weighted by Crippen LogP contribution is -2.44. The normalized spacial score (nSPS) is 19.0. The van der Waals surface area contributed by atoms with E-state index >= 15 is 0 Å². The van der Waals surface area contributed by atoms with Gasteiger partial charge in [-0.05, 0) is 59.2 Å². The van der Waals surface area contributed by atoms with Gasteiger partial charge in [-0.3, -0.25) is 4.79 Å². The molecule has 1 aliphatic heterocycles. The van der Waals surface area contributed by atoms with Crippen molar-refractivity contribution in [2.75, 3.05) is 39.3 Å². The Morgan fingerprint density at radius 3 is 2.48 bits per heavy atom. The Balaban J connectivity index is 2.28. The van der Waals surface area contributed by atoms with Gasteiger partial charge in [0.25, 0.3) is 0 Å². The molecule has 1 rings (SSSR count). The van der Waals surface area contributed by atoms with Crippen molar-refractivity contribution >= 4 is 5.91 Å². The molecule has 0 aliphatic carbocycles. The van der Waals surface area contributed by atoms with Crippen molar-refractivity contribution in [2.45, 2.75) is 65.3 Å². The van der Waals surface area contributed by atoms with E-state index in [1.54, 1.807) is 0 Å². The van der Waals surface area contributed by atoms with E-state index in [1.807, 2.05) is 4.90 Å². The molecule has 1 atom stereocenters. The number of hydrogen-bond acceptors (Lipinski definition) is 3. The zero-order chi connectivity index (χ0) is 15.5. The third-order valence-corrected chi connectivity index (χ3v) is 4.41. The highest BCUT2D eigenvalue weighted by molar-refractivity contribution is 5.76. The van der Waals surface area contributed by atoms with Crippen LogP contribution >= 0.6 is 0 Å². The monoisotopic (exact) mass is 297 g/mol. The first kappa shape index (κ1) is 18.4. The highest BCUT2D eigenvalue weighted by Gasteiger charge is 2.16. The lowest BCUT2D eigenvalue weighted by atomic mass is 10.0. The van der Waals surface area contributed by atoms with Gasteiger partial charge in [-0.25, -0.2) is 0 Å². The number of nitrogens with zero attached hydrogens (tertiary/aromatic N) is 2. The number of hydrogen-bond donors (Lipinski definition) is 1. The average Bonchev–Trinajstić information content (AvgIpc) is 2.49. The second-order valence-electron chi connectivity index (χ2n) is 6.12. The van der Waals surface area contributed by atoms with Gasteiger partial charge in [0.1, 0.15) is 0 Å². The van der Waals surface area contributed by atoms with Crippen LogP contribution in [-0.4, -0.2) is 61.0 Å². The van der Waals surface area contributed by atoms with Gasteiger partial charge in [0.05, 0.1) is 0 Å². The van der Waals surface area contributed by atoms with E-state index < -0.39 is 0 Å². The average molecular weight is 297 g/mol. The minimum atomic E-state index is 0.312. The van der Waals surface area contributed by atoms with Crippen molar-refractivity contribution in [2.24, 2.45) is 0 Å². The minimum absolute atomic E-state index is 0.312. The molecule has 1 unspecified atom stereocenters. The van der Waals surface area contributed by atoms with Gasteiger partial charge >= 0.3 is 0 Å². The van der Waals surface area contributed by atoms with Crippen LogP contribution in [-0.2, 0) is 4.79 Å². The van der Waals surface area contributed by atoms with Gasteiger partial charge in [0.2, 0.25) is 5.91 Å². The molecule has 21 heavy (non-hydrogen) atoms. The van der Waals surface area contributed by atoms with Gasteiger partial charge < -0.3 is 15.1 Å². The van der Waals surface area contributed by atoms with Crippen LogP contribution in [0, 0.1) is 0 Å². The largest absolute Gasteiger partial charge is 0.343 e. The second-order valence-corrected chi connectivity index (χ2v) is 6.12. The zero-order valence-corrected chi connectivity index (χ0v) is 14.4. The van der Waals surface area contributed by atoms with Crippen LogP contribution in [0.25, 0.3) is 0 Å². The van der Waals surface area contributed by atoms with Gasteiger partial charge in [0, 0.05) is 32.1 Å². The number of piperidine rings is 1. The predicted octanol–water partition coefficient (Wildman–Crippen LogP) is 2.49. The first-order chi connectivity index (χ1) is 10.2. The summed E-state index contributed by atoms with van der Waals surface area (Å²) in [6, 6.07) is 0.656. The molecule has 0 aromatic carbocycles. The third kappa shape index (κ3) is 7.28. The maximum absolute atomic E-state index is 12.0. The molecule has 1 fully saturated rings. The van der Waals surface area contributed by atoms with Crippen molar-refractivity contribution < 1.29 is 4.79 Å². The van der Waals surface area contributed by atoms with Crippen molar-refractivity contribution in [3.05, 3.63) is 0 Å². The van der Waals surface area contributed by atoms with Crippen molar-refractivity contribution in [3.8, 4) is 0 Å². The standard InChI is InChI=1S/C17H35N3O/c1-4-13-19(15-16-10-7-8-12-18-16)14-9-11-17(21)20(5-2)6-3/h16,18H,4-15H2,1-3H3. The predicted molar refractivity (Wildman–Crippen MR) is 89.5 cm³/mol. The molecule has 124 valence electrons. The number of amides is 1. The van der Waals surface area contributed by atoms with Gasteiger partial charge in [-0.2, -0.15) is 0 Å². The molecule has 1 saturated heterocycles. The van der Waals surface area contributed by atoms with Gasteiger partial charge in [-0.1, -0.05) is 13.3 Å². The first-order valence-electron chi connectivity index (χ1n) is 8.94. The molecule has 0 saturated carbocycles. The second kappa shape index (κ2) is 11.0. The van der Waals surface area contributed by atoms with Crippen LogP contribution < -0.4 is 5.32 Å². The summed E-state index contributed by atoms with van der Waals surface area (Å²) in [6.45, 7) is 12.5. The Kier molecular flexibility index (Phi) is 9.68. The van der Waals surface area contributed by atoms with E-state index in [0.717, 1.165) is 39.1 Å². The number of carbonyl (C=O) groups excluding carboxylic acids is 1. The third-order valence-electron chi connectivity index (χ3n) is 4.41. The van der Waals surface area contributed by atoms with Crippen LogP contribution in [0.2, 0.25) is 0 Å². The topological polar surface area (TPSA) is 35.6 Å². The quantitative estimate of drug-likeness (QED) is 0.673. The highest BCUT2D eigenvalue weighted by Crippen LogP contribution is 2.10. The Morgan fingerprint density at radius 2 is 1.90 bits per heavy atom. The molecule has 4 nitrogen and oxygen atoms in total. The number of carbonyl (C=O) groups is 1. The summed E-state index contributed by atoms with van der Waals surface area (Å²) in [7, 11) is 0. The zero-order valence-electron chi connectivity index (χ0n) is 14.4. The molecule has 0 radical (unpaired) electrons. The van der Waals surface area contributed by atoms with Crippen molar-refractivity contribution in [1.82, 2.24) is 15.1 Å². The Morgan fingerprint density at radius 1 is 1.14 bits per heavy atom. The maximum Gasteiger partial charge on any atom is 0.222 e. The summed E-state index contributed by atoms with van der Waals surface area (Å²) < 4.78 is 0. The molecule has 1 heterocycles. The molecule has 0 aromatic heterocycles. The fourth-order valence-electron chi connectivity index (χ4n) is 3.19. The lowest BCUT2D eigenvalue weighted by Gasteiger charge is -2.30. The Hall–Kier alpha value is -0.610. The molecule has 0 bridgehead atoms. The van der Waals surface area contributed by atoms with Crippen LogP contribution in [0.4, 0.5) is 0 Å². The molecular formula is C17H35N3O. The SMILES string of the molecule is CCCN(CCCC(=O)N(CC)CC)CC1CCCCN1. The highest BCUT2D eigenvalue weighted by atomic mass is 16.2. The van der Waals surface area contributed by atoms with E-state index in [0.29, 0.717) is 18.4 Å². The maximum atomic E-state index is 12.0. The number of rotatable bonds is 10. The lowest BCUT2D eigenvalue weighted by molar-refractivity contribution is -0.130.